The van der Waals surface area contributed by atoms with Gasteiger partial charge in [0.1, 0.15) is 11.9 Å². The molecule has 0 bridgehead atoms. The third-order valence-corrected chi connectivity index (χ3v) is 4.85. The van der Waals surface area contributed by atoms with Crippen LogP contribution in [0.4, 0.5) is 5.69 Å². The van der Waals surface area contributed by atoms with Crippen LogP contribution < -0.4 is 9.64 Å². The highest BCUT2D eigenvalue weighted by Crippen LogP contribution is 2.41. The minimum Gasteiger partial charge on any atom is -0.497 e. The third-order valence-electron chi connectivity index (χ3n) is 4.45. The van der Waals surface area contributed by atoms with Crippen LogP contribution in [0.3, 0.4) is 0 Å². The van der Waals surface area contributed by atoms with E-state index >= 15 is 0 Å². The minimum absolute atomic E-state index is 0.0856. The van der Waals surface area contributed by atoms with Gasteiger partial charge in [0, 0.05) is 18.8 Å². The van der Waals surface area contributed by atoms with Crippen molar-refractivity contribution in [3.05, 3.63) is 60.2 Å². The zero-order valence-electron chi connectivity index (χ0n) is 13.1. The van der Waals surface area contributed by atoms with Crippen molar-refractivity contribution in [2.45, 2.75) is 12.6 Å². The molecule has 23 heavy (non-hydrogen) atoms. The lowest BCUT2D eigenvalue weighted by Crippen LogP contribution is -2.32. The fourth-order valence-electron chi connectivity index (χ4n) is 3.42. The Kier molecular flexibility index (Phi) is 3.67. The lowest BCUT2D eigenvalue weighted by Gasteiger charge is -2.29. The maximum Gasteiger partial charge on any atom is 0.192 e. The summed E-state index contributed by atoms with van der Waals surface area (Å²) in [7, 11) is 1.70. The summed E-state index contributed by atoms with van der Waals surface area (Å²) in [6, 6.07) is 18.6. The number of hydrogen-bond donors (Lipinski definition) is 0. The van der Waals surface area contributed by atoms with Crippen LogP contribution in [0.1, 0.15) is 18.2 Å². The van der Waals surface area contributed by atoms with Crippen LogP contribution in [0.15, 0.2) is 54.6 Å². The Morgan fingerprint density at radius 2 is 1.87 bits per heavy atom. The highest BCUT2D eigenvalue weighted by molar-refractivity contribution is 7.80. The Morgan fingerprint density at radius 3 is 2.65 bits per heavy atom. The van der Waals surface area contributed by atoms with Crippen LogP contribution in [0, 0.1) is 0 Å². The van der Waals surface area contributed by atoms with E-state index in [0.29, 0.717) is 0 Å². The van der Waals surface area contributed by atoms with E-state index in [1.807, 2.05) is 18.2 Å². The molecule has 4 rings (SSSR count). The second-order valence-corrected chi connectivity index (χ2v) is 6.14. The molecule has 0 N–H and O–H groups in total. The Labute approximate surface area is 141 Å². The number of thiocarbonyl (C=S) groups is 1. The summed E-state index contributed by atoms with van der Waals surface area (Å²) in [6.45, 7) is 2.01. The van der Waals surface area contributed by atoms with Gasteiger partial charge in [0.25, 0.3) is 0 Å². The average molecular weight is 325 g/mol. The van der Waals surface area contributed by atoms with Gasteiger partial charge >= 0.3 is 0 Å². The molecule has 0 amide bonds. The van der Waals surface area contributed by atoms with Crippen molar-refractivity contribution in [3.8, 4) is 5.75 Å². The Bertz CT molecular complexity index is 721. The lowest BCUT2D eigenvalue weighted by atomic mass is 10.1. The number of anilines is 1. The number of fused-ring (bicyclic) bond motifs is 1. The van der Waals surface area contributed by atoms with Crippen molar-refractivity contribution in [1.29, 1.82) is 0 Å². The maximum absolute atomic E-state index is 5.78. The zero-order valence-corrected chi connectivity index (χ0v) is 13.9. The van der Waals surface area contributed by atoms with E-state index in [9.17, 15) is 0 Å². The van der Waals surface area contributed by atoms with Crippen LogP contribution in [0.25, 0.3) is 0 Å². The van der Waals surface area contributed by atoms with E-state index in [1.165, 1.54) is 5.56 Å². The standard InChI is InChI=1S/C18H19N3OS/c1-22-16-10-5-7-14(13-16)17-19-11-6-12-20(19)18(23)21(17)15-8-3-2-4-9-15/h2-5,7-10,13,17H,6,11-12H2,1H3. The van der Waals surface area contributed by atoms with Gasteiger partial charge in [0.2, 0.25) is 0 Å². The molecule has 2 aliphatic rings. The van der Waals surface area contributed by atoms with Gasteiger partial charge in [-0.25, -0.2) is 0 Å². The van der Waals surface area contributed by atoms with E-state index in [0.717, 1.165) is 36.1 Å². The van der Waals surface area contributed by atoms with E-state index in [-0.39, 0.29) is 6.17 Å². The number of nitrogens with zero attached hydrogens (tertiary/aromatic N) is 3. The SMILES string of the molecule is COc1cccc(C2N(c3ccccc3)C(=S)N3CCCN23)c1. The molecular weight excluding hydrogens is 306 g/mol. The third kappa shape index (κ3) is 2.36. The van der Waals surface area contributed by atoms with E-state index < -0.39 is 0 Å². The van der Waals surface area contributed by atoms with E-state index in [1.54, 1.807) is 7.11 Å². The highest BCUT2D eigenvalue weighted by Gasteiger charge is 2.45. The number of methoxy groups -OCH3 is 1. The Hall–Kier alpha value is -2.11. The normalized spacial score (nSPS) is 20.9. The molecule has 5 heteroatoms. The maximum atomic E-state index is 5.78. The Balaban J connectivity index is 1.80. The fraction of sp³-hybridized carbons (Fsp3) is 0.278. The van der Waals surface area contributed by atoms with Crippen molar-refractivity contribution in [2.24, 2.45) is 0 Å². The van der Waals surface area contributed by atoms with Gasteiger partial charge in [-0.3, -0.25) is 9.91 Å². The predicted octanol–water partition coefficient (Wildman–Crippen LogP) is 3.42. The zero-order chi connectivity index (χ0) is 15.8. The molecule has 1 atom stereocenters. The van der Waals surface area contributed by atoms with Crippen molar-refractivity contribution >= 4 is 23.0 Å². The molecule has 2 aliphatic heterocycles. The smallest absolute Gasteiger partial charge is 0.192 e. The number of hydrogen-bond acceptors (Lipinski definition) is 3. The first-order valence-corrected chi connectivity index (χ1v) is 8.27. The minimum atomic E-state index is 0.0856. The number of hydrazine groups is 1. The molecule has 2 heterocycles. The molecule has 118 valence electrons. The van der Waals surface area contributed by atoms with Crippen molar-refractivity contribution in [3.63, 3.8) is 0 Å². The molecule has 0 aliphatic carbocycles. The Morgan fingerprint density at radius 1 is 1.04 bits per heavy atom. The summed E-state index contributed by atoms with van der Waals surface area (Å²) in [6.07, 6.45) is 1.23. The summed E-state index contributed by atoms with van der Waals surface area (Å²) in [5.41, 5.74) is 2.32. The fourth-order valence-corrected chi connectivity index (χ4v) is 3.82. The largest absolute Gasteiger partial charge is 0.497 e. The molecule has 2 saturated heterocycles. The molecule has 0 aromatic heterocycles. The van der Waals surface area contributed by atoms with Gasteiger partial charge in [0.05, 0.1) is 7.11 Å². The second-order valence-electron chi connectivity index (χ2n) is 5.78. The summed E-state index contributed by atoms with van der Waals surface area (Å²) >= 11 is 5.78. The summed E-state index contributed by atoms with van der Waals surface area (Å²) in [5, 5.41) is 5.47. The average Bonchev–Trinajstić information content (AvgIpc) is 3.18. The molecule has 1 unspecified atom stereocenters. The van der Waals surface area contributed by atoms with Crippen LogP contribution >= 0.6 is 12.2 Å². The number of para-hydroxylation sites is 1. The quantitative estimate of drug-likeness (QED) is 0.803. The molecule has 0 radical (unpaired) electrons. The molecule has 0 spiro atoms. The molecule has 2 aromatic carbocycles. The van der Waals surface area contributed by atoms with E-state index in [2.05, 4.69) is 51.3 Å². The van der Waals surface area contributed by atoms with Crippen LogP contribution in [-0.4, -0.2) is 35.3 Å². The number of benzene rings is 2. The van der Waals surface area contributed by atoms with Crippen molar-refractivity contribution < 1.29 is 4.74 Å². The van der Waals surface area contributed by atoms with Crippen molar-refractivity contribution in [1.82, 2.24) is 10.0 Å². The molecule has 2 aromatic rings. The second kappa shape index (κ2) is 5.83. The first-order valence-electron chi connectivity index (χ1n) is 7.86. The van der Waals surface area contributed by atoms with Gasteiger partial charge in [-0.1, -0.05) is 30.3 Å². The van der Waals surface area contributed by atoms with Gasteiger partial charge in [0.15, 0.2) is 5.11 Å². The monoisotopic (exact) mass is 325 g/mol. The summed E-state index contributed by atoms with van der Waals surface area (Å²) < 4.78 is 5.41. The lowest BCUT2D eigenvalue weighted by molar-refractivity contribution is 0.0922. The topological polar surface area (TPSA) is 19.0 Å². The van der Waals surface area contributed by atoms with Gasteiger partial charge in [-0.2, -0.15) is 5.01 Å². The first kappa shape index (κ1) is 14.5. The predicted molar refractivity (Wildman–Crippen MR) is 95.3 cm³/mol. The summed E-state index contributed by atoms with van der Waals surface area (Å²) in [5.74, 6) is 0.874. The van der Waals surface area contributed by atoms with Gasteiger partial charge < -0.3 is 4.74 Å². The molecular formula is C18H19N3OS. The number of rotatable bonds is 3. The van der Waals surface area contributed by atoms with Crippen LogP contribution in [0.2, 0.25) is 0 Å². The highest BCUT2D eigenvalue weighted by atomic mass is 32.1. The van der Waals surface area contributed by atoms with Crippen molar-refractivity contribution in [2.75, 3.05) is 25.1 Å². The summed E-state index contributed by atoms with van der Waals surface area (Å²) in [4.78, 5) is 2.24. The molecule has 0 saturated carbocycles. The van der Waals surface area contributed by atoms with Gasteiger partial charge in [-0.05, 0) is 48.5 Å². The van der Waals surface area contributed by atoms with Gasteiger partial charge in [-0.15, -0.1) is 0 Å². The molecule has 4 nitrogen and oxygen atoms in total. The molecule has 2 fully saturated rings. The van der Waals surface area contributed by atoms with Crippen LogP contribution in [-0.2, 0) is 0 Å². The number of ether oxygens (including phenoxy) is 1. The van der Waals surface area contributed by atoms with E-state index in [4.69, 9.17) is 17.0 Å². The first-order chi connectivity index (χ1) is 11.3. The van der Waals surface area contributed by atoms with Crippen LogP contribution in [0.5, 0.6) is 5.75 Å².